The quantitative estimate of drug-likeness (QED) is 0.244. The normalized spacial score (nSPS) is 13.8. The maximum Gasteiger partial charge on any atom is 0.272 e. The topological polar surface area (TPSA) is 12.5 Å². The van der Waals surface area contributed by atoms with Crippen molar-refractivity contribution in [3.63, 3.8) is 0 Å². The minimum atomic E-state index is -2.83. The fourth-order valence-corrected chi connectivity index (χ4v) is 3.76. The molecule has 0 radical (unpaired) electrons. The summed E-state index contributed by atoms with van der Waals surface area (Å²) in [6.07, 6.45) is -4.03. The molecule has 2 aromatic carbocycles. The second-order valence-electron chi connectivity index (χ2n) is 6.53. The maximum absolute atomic E-state index is 15.0. The summed E-state index contributed by atoms with van der Waals surface area (Å²) in [4.78, 5) is 1.07. The lowest BCUT2D eigenvalue weighted by molar-refractivity contribution is 0.0815. The van der Waals surface area contributed by atoms with Gasteiger partial charge in [-0.3, -0.25) is 0 Å². The molecule has 0 saturated heterocycles. The van der Waals surface area contributed by atoms with Gasteiger partial charge in [-0.05, 0) is 34.2 Å². The van der Waals surface area contributed by atoms with Gasteiger partial charge in [0.05, 0.1) is 17.8 Å². The van der Waals surface area contributed by atoms with Crippen LogP contribution in [-0.2, 0) is 0 Å². The third kappa shape index (κ3) is 6.55. The molecule has 2 aromatic rings. The van der Waals surface area contributed by atoms with Gasteiger partial charge < -0.3 is 9.64 Å². The van der Waals surface area contributed by atoms with Crippen LogP contribution in [0.5, 0.6) is 5.75 Å². The summed E-state index contributed by atoms with van der Waals surface area (Å²) >= 11 is 1.92. The molecule has 0 aromatic heterocycles. The predicted molar refractivity (Wildman–Crippen MR) is 126 cm³/mol. The van der Waals surface area contributed by atoms with Crippen LogP contribution < -0.4 is 4.74 Å². The first kappa shape index (κ1) is 26.8. The Morgan fingerprint density at radius 3 is 2.06 bits per heavy atom. The van der Waals surface area contributed by atoms with Gasteiger partial charge in [0.15, 0.2) is 0 Å². The second-order valence-corrected chi connectivity index (χ2v) is 7.70. The Morgan fingerprint density at radius 1 is 0.970 bits per heavy atom. The SMILES string of the molecule is C=C1C(I)=CC(c2ccccc2)=C(c2c(F)cc(OCC(F)F)cc2F)N1CC(F)F.CC. The van der Waals surface area contributed by atoms with E-state index in [9.17, 15) is 17.6 Å². The van der Waals surface area contributed by atoms with Crippen LogP contribution in [0.1, 0.15) is 25.0 Å². The van der Waals surface area contributed by atoms with Crippen LogP contribution in [-0.4, -0.2) is 30.9 Å². The minimum Gasteiger partial charge on any atom is -0.487 e. The summed E-state index contributed by atoms with van der Waals surface area (Å²) in [6.45, 7) is 5.91. The zero-order chi connectivity index (χ0) is 24.7. The van der Waals surface area contributed by atoms with Crippen LogP contribution in [0.25, 0.3) is 11.3 Å². The number of benzene rings is 2. The van der Waals surface area contributed by atoms with E-state index in [0.717, 1.165) is 17.0 Å². The van der Waals surface area contributed by atoms with Gasteiger partial charge >= 0.3 is 0 Å². The van der Waals surface area contributed by atoms with Gasteiger partial charge in [0.25, 0.3) is 12.9 Å². The highest BCUT2D eigenvalue weighted by Gasteiger charge is 2.31. The average molecular weight is 581 g/mol. The zero-order valence-electron chi connectivity index (χ0n) is 17.9. The van der Waals surface area contributed by atoms with Crippen LogP contribution in [0.4, 0.5) is 26.3 Å². The summed E-state index contributed by atoms with van der Waals surface area (Å²) in [5, 5.41) is 0. The molecule has 0 saturated carbocycles. The Labute approximate surface area is 202 Å². The van der Waals surface area contributed by atoms with E-state index in [-0.39, 0.29) is 11.4 Å². The zero-order valence-corrected chi connectivity index (χ0v) is 20.1. The van der Waals surface area contributed by atoms with E-state index >= 15 is 8.78 Å². The van der Waals surface area contributed by atoms with Crippen molar-refractivity contribution in [2.24, 2.45) is 0 Å². The van der Waals surface area contributed by atoms with E-state index in [0.29, 0.717) is 14.7 Å². The molecule has 1 aliphatic rings. The maximum atomic E-state index is 15.0. The van der Waals surface area contributed by atoms with E-state index in [1.54, 1.807) is 36.4 Å². The number of allylic oxidation sites excluding steroid dienone is 3. The lowest BCUT2D eigenvalue weighted by Gasteiger charge is -2.34. The number of alkyl halides is 4. The van der Waals surface area contributed by atoms with Gasteiger partial charge in [0.1, 0.15) is 24.0 Å². The molecule has 0 fully saturated rings. The monoisotopic (exact) mass is 581 g/mol. The molecule has 0 atom stereocenters. The molecule has 3 rings (SSSR count). The highest BCUT2D eigenvalue weighted by Crippen LogP contribution is 2.43. The molecule has 1 heterocycles. The first-order valence-corrected chi connectivity index (χ1v) is 11.1. The van der Waals surface area contributed by atoms with Crippen LogP contribution in [0, 0.1) is 11.6 Å². The van der Waals surface area contributed by atoms with Crippen molar-refractivity contribution in [3.05, 3.63) is 87.2 Å². The molecule has 9 heteroatoms. The predicted octanol–water partition coefficient (Wildman–Crippen LogP) is 7.92. The Bertz CT molecular complexity index is 1010. The van der Waals surface area contributed by atoms with Gasteiger partial charge in [-0.1, -0.05) is 50.8 Å². The Hall–Kier alpha value is -2.43. The highest BCUT2D eigenvalue weighted by molar-refractivity contribution is 14.1. The summed E-state index contributed by atoms with van der Waals surface area (Å²) in [5.74, 6) is -2.70. The summed E-state index contributed by atoms with van der Waals surface area (Å²) in [5.41, 5.74) is 0.317. The molecule has 0 spiro atoms. The van der Waals surface area contributed by atoms with E-state index < -0.39 is 48.9 Å². The number of hydrogen-bond acceptors (Lipinski definition) is 2. The highest BCUT2D eigenvalue weighted by atomic mass is 127. The van der Waals surface area contributed by atoms with Crippen molar-refractivity contribution in [1.29, 1.82) is 0 Å². The van der Waals surface area contributed by atoms with Crippen molar-refractivity contribution in [3.8, 4) is 5.75 Å². The molecule has 33 heavy (non-hydrogen) atoms. The van der Waals surface area contributed by atoms with Crippen molar-refractivity contribution in [1.82, 2.24) is 4.90 Å². The molecular weight excluding hydrogens is 559 g/mol. The molecule has 178 valence electrons. The van der Waals surface area contributed by atoms with Crippen LogP contribution in [0.3, 0.4) is 0 Å². The van der Waals surface area contributed by atoms with Crippen molar-refractivity contribution in [2.75, 3.05) is 13.2 Å². The van der Waals surface area contributed by atoms with E-state index in [1.165, 1.54) is 0 Å². The van der Waals surface area contributed by atoms with Crippen LogP contribution >= 0.6 is 22.6 Å². The van der Waals surface area contributed by atoms with Crippen molar-refractivity contribution < 1.29 is 31.1 Å². The van der Waals surface area contributed by atoms with E-state index in [4.69, 9.17) is 4.74 Å². The molecule has 0 bridgehead atoms. The lowest BCUT2D eigenvalue weighted by atomic mass is 9.94. The molecular formula is C24H22F6INO. The second kappa shape index (κ2) is 12.2. The number of rotatable bonds is 7. The Kier molecular flexibility index (Phi) is 9.87. The summed E-state index contributed by atoms with van der Waals surface area (Å²) < 4.78 is 86.8. The van der Waals surface area contributed by atoms with Gasteiger partial charge in [0, 0.05) is 27.0 Å². The van der Waals surface area contributed by atoms with Gasteiger partial charge in [-0.2, -0.15) is 0 Å². The fourth-order valence-electron chi connectivity index (χ4n) is 3.15. The first-order chi connectivity index (χ1) is 15.7. The van der Waals surface area contributed by atoms with Gasteiger partial charge in [-0.25, -0.2) is 26.3 Å². The van der Waals surface area contributed by atoms with E-state index in [1.807, 2.05) is 36.4 Å². The smallest absolute Gasteiger partial charge is 0.272 e. The molecule has 0 aliphatic carbocycles. The first-order valence-electron chi connectivity index (χ1n) is 10.0. The fraction of sp³-hybridized carbons (Fsp3) is 0.250. The summed E-state index contributed by atoms with van der Waals surface area (Å²) in [7, 11) is 0. The largest absolute Gasteiger partial charge is 0.487 e. The third-order valence-corrected chi connectivity index (χ3v) is 5.37. The van der Waals surface area contributed by atoms with E-state index in [2.05, 4.69) is 6.58 Å². The molecule has 0 unspecified atom stereocenters. The van der Waals surface area contributed by atoms with Gasteiger partial charge in [0.2, 0.25) is 0 Å². The van der Waals surface area contributed by atoms with Crippen molar-refractivity contribution >= 4 is 33.9 Å². The molecule has 0 N–H and O–H groups in total. The average Bonchev–Trinajstić information content (AvgIpc) is 2.78. The standard InChI is InChI=1S/C22H16F6INO.C2H6/c1-12-18(29)9-15(13-5-3-2-4-6-13)22(30(12)10-19(25)26)21-16(23)7-14(8-17(21)24)31-11-20(27)28;1-2/h2-9,19-20H,1,10-11H2;1-2H3. The summed E-state index contributed by atoms with van der Waals surface area (Å²) in [6, 6.07) is 10.0. The van der Waals surface area contributed by atoms with Gasteiger partial charge in [-0.15, -0.1) is 0 Å². The number of nitrogens with zero attached hydrogens (tertiary/aromatic N) is 1. The van der Waals surface area contributed by atoms with Crippen LogP contribution in [0.2, 0.25) is 0 Å². The number of hydrogen-bond donors (Lipinski definition) is 0. The number of ether oxygens (including phenoxy) is 1. The van der Waals surface area contributed by atoms with Crippen molar-refractivity contribution in [2.45, 2.75) is 26.7 Å². The Morgan fingerprint density at radius 2 is 1.55 bits per heavy atom. The Balaban J connectivity index is 0.00000187. The van der Waals surface area contributed by atoms with Crippen LogP contribution in [0.15, 0.2) is 64.4 Å². The molecule has 2 nitrogen and oxygen atoms in total. The third-order valence-electron chi connectivity index (χ3n) is 4.43. The molecule has 0 amide bonds. The lowest BCUT2D eigenvalue weighted by Crippen LogP contribution is -2.30. The molecule has 1 aliphatic heterocycles. The number of halogens is 7. The minimum absolute atomic E-state index is 0.132.